The summed E-state index contributed by atoms with van der Waals surface area (Å²) in [7, 11) is 0. The Morgan fingerprint density at radius 3 is 2.73 bits per heavy atom. The van der Waals surface area contributed by atoms with Crippen LogP contribution in [0.15, 0.2) is 30.9 Å². The summed E-state index contributed by atoms with van der Waals surface area (Å²) in [5, 5.41) is 9.71. The van der Waals surface area contributed by atoms with Crippen LogP contribution in [0.5, 0.6) is 11.5 Å². The van der Waals surface area contributed by atoms with E-state index >= 15 is 0 Å². The molecular formula is C19H30O3. The topological polar surface area (TPSA) is 38.7 Å². The molecule has 0 saturated carbocycles. The molecule has 0 aromatic heterocycles. The highest BCUT2D eigenvalue weighted by Crippen LogP contribution is 2.28. The summed E-state index contributed by atoms with van der Waals surface area (Å²) in [5.41, 5.74) is 0.846. The first-order chi connectivity index (χ1) is 10.4. The van der Waals surface area contributed by atoms with Gasteiger partial charge in [0.1, 0.15) is 0 Å². The first kappa shape index (κ1) is 18.6. The van der Waals surface area contributed by atoms with Gasteiger partial charge in [0.15, 0.2) is 11.5 Å². The molecule has 0 saturated heterocycles. The average Bonchev–Trinajstić information content (AvgIpc) is 2.48. The minimum Gasteiger partial charge on any atom is -0.504 e. The third-order valence-corrected chi connectivity index (χ3v) is 3.79. The number of benzene rings is 1. The van der Waals surface area contributed by atoms with Crippen LogP contribution in [-0.2, 0) is 11.3 Å². The summed E-state index contributed by atoms with van der Waals surface area (Å²) in [4.78, 5) is 0. The molecule has 1 atom stereocenters. The van der Waals surface area contributed by atoms with Crippen molar-refractivity contribution in [2.24, 2.45) is 5.92 Å². The van der Waals surface area contributed by atoms with Gasteiger partial charge in [-0.25, -0.2) is 0 Å². The molecule has 1 unspecified atom stereocenters. The first-order valence-electron chi connectivity index (χ1n) is 8.09. The lowest BCUT2D eigenvalue weighted by atomic mass is 9.96. The molecule has 3 nitrogen and oxygen atoms in total. The van der Waals surface area contributed by atoms with Crippen molar-refractivity contribution in [1.29, 1.82) is 0 Å². The summed E-state index contributed by atoms with van der Waals surface area (Å²) < 4.78 is 11.4. The predicted molar refractivity (Wildman–Crippen MR) is 91.4 cm³/mol. The van der Waals surface area contributed by atoms with Crippen LogP contribution in [0.1, 0.15) is 52.5 Å². The molecular weight excluding hydrogens is 276 g/mol. The molecule has 0 radical (unpaired) electrons. The number of phenolic OH excluding ortho intramolecular Hbond substituents is 1. The Morgan fingerprint density at radius 1 is 1.36 bits per heavy atom. The van der Waals surface area contributed by atoms with Gasteiger partial charge in [-0.1, -0.05) is 25.5 Å². The highest BCUT2D eigenvalue weighted by Gasteiger charge is 2.18. The fourth-order valence-corrected chi connectivity index (χ4v) is 2.24. The van der Waals surface area contributed by atoms with Gasteiger partial charge < -0.3 is 14.6 Å². The van der Waals surface area contributed by atoms with Crippen molar-refractivity contribution in [3.05, 3.63) is 36.4 Å². The second-order valence-electron chi connectivity index (χ2n) is 6.39. The molecule has 124 valence electrons. The molecule has 0 aliphatic rings. The molecule has 0 heterocycles. The number of rotatable bonds is 10. The molecule has 0 aliphatic carbocycles. The van der Waals surface area contributed by atoms with E-state index in [9.17, 15) is 5.11 Å². The maximum atomic E-state index is 9.71. The lowest BCUT2D eigenvalue weighted by molar-refractivity contribution is -0.0367. The standard InChI is InChI=1S/C19H30O3/c1-6-15(3)9-8-12-19(4,5)22-14-16-10-11-17(20)18(13-16)21-7-2/h6,10-11,13,15,20H,1,7-9,12,14H2,2-5H3. The van der Waals surface area contributed by atoms with Gasteiger partial charge in [-0.15, -0.1) is 6.58 Å². The van der Waals surface area contributed by atoms with E-state index in [4.69, 9.17) is 9.47 Å². The van der Waals surface area contributed by atoms with E-state index in [1.54, 1.807) is 6.07 Å². The Hall–Kier alpha value is -1.48. The summed E-state index contributed by atoms with van der Waals surface area (Å²) in [6, 6.07) is 5.37. The highest BCUT2D eigenvalue weighted by atomic mass is 16.5. The molecule has 3 heteroatoms. The zero-order valence-electron chi connectivity index (χ0n) is 14.4. The number of hydrogen-bond acceptors (Lipinski definition) is 3. The van der Waals surface area contributed by atoms with Gasteiger partial charge in [-0.05, 0) is 57.2 Å². The van der Waals surface area contributed by atoms with Gasteiger partial charge in [0.2, 0.25) is 0 Å². The van der Waals surface area contributed by atoms with E-state index in [2.05, 4.69) is 27.4 Å². The largest absolute Gasteiger partial charge is 0.504 e. The van der Waals surface area contributed by atoms with E-state index in [1.165, 1.54) is 0 Å². The molecule has 0 bridgehead atoms. The lowest BCUT2D eigenvalue weighted by Gasteiger charge is -2.26. The first-order valence-corrected chi connectivity index (χ1v) is 8.09. The smallest absolute Gasteiger partial charge is 0.161 e. The van der Waals surface area contributed by atoms with Gasteiger partial charge in [-0.3, -0.25) is 0 Å². The minimum atomic E-state index is -0.162. The van der Waals surface area contributed by atoms with Crippen LogP contribution in [0.25, 0.3) is 0 Å². The summed E-state index contributed by atoms with van der Waals surface area (Å²) >= 11 is 0. The summed E-state index contributed by atoms with van der Waals surface area (Å²) in [6.45, 7) is 13.2. The predicted octanol–water partition coefficient (Wildman–Crippen LogP) is 5.08. The molecule has 1 N–H and O–H groups in total. The Balaban J connectivity index is 2.49. The summed E-state index contributed by atoms with van der Waals surface area (Å²) in [5.74, 6) is 1.24. The Bertz CT molecular complexity index is 466. The van der Waals surface area contributed by atoms with E-state index in [0.29, 0.717) is 24.9 Å². The maximum Gasteiger partial charge on any atom is 0.161 e. The number of ether oxygens (including phenoxy) is 2. The summed E-state index contributed by atoms with van der Waals surface area (Å²) in [6.07, 6.45) is 5.28. The zero-order chi connectivity index (χ0) is 16.6. The maximum absolute atomic E-state index is 9.71. The molecule has 1 aromatic carbocycles. The molecule has 0 fully saturated rings. The van der Waals surface area contributed by atoms with Crippen LogP contribution in [-0.4, -0.2) is 17.3 Å². The van der Waals surface area contributed by atoms with Crippen molar-refractivity contribution >= 4 is 0 Å². The van der Waals surface area contributed by atoms with E-state index in [0.717, 1.165) is 24.8 Å². The fraction of sp³-hybridized carbons (Fsp3) is 0.579. The monoisotopic (exact) mass is 306 g/mol. The van der Waals surface area contributed by atoms with Crippen molar-refractivity contribution < 1.29 is 14.6 Å². The molecule has 0 aliphatic heterocycles. The van der Waals surface area contributed by atoms with Crippen LogP contribution in [0.3, 0.4) is 0 Å². The van der Waals surface area contributed by atoms with E-state index in [-0.39, 0.29) is 11.4 Å². The molecule has 1 rings (SSSR count). The van der Waals surface area contributed by atoms with Gasteiger partial charge in [0, 0.05) is 0 Å². The second kappa shape index (κ2) is 8.84. The van der Waals surface area contributed by atoms with Gasteiger partial charge in [0.05, 0.1) is 18.8 Å². The lowest BCUT2D eigenvalue weighted by Crippen LogP contribution is -2.24. The van der Waals surface area contributed by atoms with Crippen LogP contribution >= 0.6 is 0 Å². The van der Waals surface area contributed by atoms with Crippen LogP contribution < -0.4 is 4.74 Å². The number of phenols is 1. The van der Waals surface area contributed by atoms with Crippen molar-refractivity contribution in [3.63, 3.8) is 0 Å². The Kier molecular flexibility index (Phi) is 7.46. The fourth-order valence-electron chi connectivity index (χ4n) is 2.24. The van der Waals surface area contributed by atoms with Gasteiger partial charge in [-0.2, -0.15) is 0 Å². The molecule has 0 amide bonds. The third-order valence-electron chi connectivity index (χ3n) is 3.79. The number of aromatic hydroxyl groups is 1. The SMILES string of the molecule is C=CC(C)CCCC(C)(C)OCc1ccc(O)c(OCC)c1. The zero-order valence-corrected chi connectivity index (χ0v) is 14.4. The van der Waals surface area contributed by atoms with Crippen LogP contribution in [0.2, 0.25) is 0 Å². The van der Waals surface area contributed by atoms with Gasteiger partial charge >= 0.3 is 0 Å². The van der Waals surface area contributed by atoms with Crippen LogP contribution in [0, 0.1) is 5.92 Å². The number of hydrogen-bond donors (Lipinski definition) is 1. The van der Waals surface area contributed by atoms with Crippen molar-refractivity contribution in [2.75, 3.05) is 6.61 Å². The van der Waals surface area contributed by atoms with E-state index < -0.39 is 0 Å². The van der Waals surface area contributed by atoms with Gasteiger partial charge in [0.25, 0.3) is 0 Å². The quantitative estimate of drug-likeness (QED) is 0.613. The second-order valence-corrected chi connectivity index (χ2v) is 6.39. The van der Waals surface area contributed by atoms with Crippen molar-refractivity contribution in [2.45, 2.75) is 59.2 Å². The average molecular weight is 306 g/mol. The third kappa shape index (κ3) is 6.52. The van der Waals surface area contributed by atoms with Crippen molar-refractivity contribution in [3.8, 4) is 11.5 Å². The van der Waals surface area contributed by atoms with Crippen LogP contribution in [0.4, 0.5) is 0 Å². The Morgan fingerprint density at radius 2 is 2.09 bits per heavy atom. The number of allylic oxidation sites excluding steroid dienone is 1. The highest BCUT2D eigenvalue weighted by molar-refractivity contribution is 5.41. The molecule has 22 heavy (non-hydrogen) atoms. The Labute approximate surface area is 135 Å². The van der Waals surface area contributed by atoms with Crippen molar-refractivity contribution in [1.82, 2.24) is 0 Å². The molecule has 0 spiro atoms. The van der Waals surface area contributed by atoms with E-state index in [1.807, 2.05) is 25.1 Å². The minimum absolute atomic E-state index is 0.162. The normalized spacial score (nSPS) is 12.9. The molecule has 1 aromatic rings.